The Morgan fingerprint density at radius 3 is 2.90 bits per heavy atom. The van der Waals surface area contributed by atoms with Crippen LogP contribution in [0.2, 0.25) is 0 Å². The highest BCUT2D eigenvalue weighted by Gasteiger charge is 2.11. The van der Waals surface area contributed by atoms with Gasteiger partial charge >= 0.3 is 0 Å². The van der Waals surface area contributed by atoms with Crippen LogP contribution in [0.15, 0.2) is 36.4 Å². The summed E-state index contributed by atoms with van der Waals surface area (Å²) in [6, 6.07) is 5.41. The molecule has 2 aromatic rings. The minimum absolute atomic E-state index is 0.00244. The first-order valence-electron chi connectivity index (χ1n) is 6.20. The van der Waals surface area contributed by atoms with Gasteiger partial charge in [-0.05, 0) is 44.2 Å². The Balaban J connectivity index is 2.30. The van der Waals surface area contributed by atoms with Gasteiger partial charge < -0.3 is 5.11 Å². The third kappa shape index (κ3) is 2.93. The summed E-state index contributed by atoms with van der Waals surface area (Å²) < 4.78 is 14.7. The van der Waals surface area contributed by atoms with Crippen molar-refractivity contribution in [1.82, 2.24) is 9.78 Å². The fourth-order valence-electron chi connectivity index (χ4n) is 1.87. The maximum Gasteiger partial charge on any atom is 0.205 e. The van der Waals surface area contributed by atoms with E-state index in [1.54, 1.807) is 30.7 Å². The summed E-state index contributed by atoms with van der Waals surface area (Å²) in [5, 5.41) is 13.9. The van der Waals surface area contributed by atoms with Gasteiger partial charge in [0.25, 0.3) is 0 Å². The van der Waals surface area contributed by atoms with E-state index in [9.17, 15) is 14.3 Å². The standard InChI is InChI=1S/C15H15FN2O2/c1-3-4-15(20)13-7-10(2)18(17-13)9-11-8-12(16)5-6-14(11)19/h3-8,19H,9H2,1-2H3/b4-3+. The van der Waals surface area contributed by atoms with E-state index in [2.05, 4.69) is 5.10 Å². The van der Waals surface area contributed by atoms with Gasteiger partial charge in [0, 0.05) is 11.3 Å². The maximum atomic E-state index is 13.2. The molecule has 0 bridgehead atoms. The molecule has 0 atom stereocenters. The molecule has 1 aromatic heterocycles. The molecule has 0 spiro atoms. The highest BCUT2D eigenvalue weighted by atomic mass is 19.1. The molecule has 0 fully saturated rings. The first kappa shape index (κ1) is 14.0. The number of aryl methyl sites for hydroxylation is 1. The number of phenolic OH excluding ortho intramolecular Hbond substituents is 1. The third-order valence-electron chi connectivity index (χ3n) is 2.91. The molecule has 0 aliphatic heterocycles. The molecule has 1 aromatic carbocycles. The maximum absolute atomic E-state index is 13.2. The molecule has 20 heavy (non-hydrogen) atoms. The average Bonchev–Trinajstić information content (AvgIpc) is 2.76. The lowest BCUT2D eigenvalue weighted by Gasteiger charge is -2.06. The van der Waals surface area contributed by atoms with Gasteiger partial charge in [0.1, 0.15) is 17.3 Å². The van der Waals surface area contributed by atoms with Crippen molar-refractivity contribution in [3.8, 4) is 5.75 Å². The van der Waals surface area contributed by atoms with Gasteiger partial charge in [-0.3, -0.25) is 9.48 Å². The number of allylic oxidation sites excluding steroid dienone is 2. The van der Waals surface area contributed by atoms with Crippen LogP contribution in [0, 0.1) is 12.7 Å². The Bertz CT molecular complexity index is 675. The van der Waals surface area contributed by atoms with Crippen LogP contribution in [-0.4, -0.2) is 20.7 Å². The lowest BCUT2D eigenvalue weighted by molar-refractivity contribution is 0.104. The second kappa shape index (κ2) is 5.69. The molecule has 2 rings (SSSR count). The summed E-state index contributed by atoms with van der Waals surface area (Å²) >= 11 is 0. The summed E-state index contributed by atoms with van der Waals surface area (Å²) in [5.74, 6) is -0.603. The molecule has 4 nitrogen and oxygen atoms in total. The van der Waals surface area contributed by atoms with Crippen LogP contribution in [0.4, 0.5) is 4.39 Å². The molecule has 0 radical (unpaired) electrons. The number of ketones is 1. The molecule has 0 saturated carbocycles. The SMILES string of the molecule is C/C=C/C(=O)c1cc(C)n(Cc2cc(F)ccc2O)n1. The molecule has 0 saturated heterocycles. The summed E-state index contributed by atoms with van der Waals surface area (Å²) in [7, 11) is 0. The largest absolute Gasteiger partial charge is 0.508 e. The molecule has 0 amide bonds. The van der Waals surface area contributed by atoms with Gasteiger partial charge in [0.05, 0.1) is 6.54 Å². The lowest BCUT2D eigenvalue weighted by atomic mass is 10.2. The molecule has 104 valence electrons. The van der Waals surface area contributed by atoms with E-state index >= 15 is 0 Å². The highest BCUT2D eigenvalue weighted by molar-refractivity contribution is 6.02. The summed E-state index contributed by atoms with van der Waals surface area (Å²) in [6.45, 7) is 3.76. The number of phenols is 1. The van der Waals surface area contributed by atoms with Gasteiger partial charge in [0.2, 0.25) is 5.78 Å². The number of halogens is 1. The van der Waals surface area contributed by atoms with Crippen molar-refractivity contribution in [2.75, 3.05) is 0 Å². The minimum Gasteiger partial charge on any atom is -0.508 e. The Kier molecular flexibility index (Phi) is 3.98. The van der Waals surface area contributed by atoms with Crippen molar-refractivity contribution < 1.29 is 14.3 Å². The number of hydrogen-bond donors (Lipinski definition) is 1. The van der Waals surface area contributed by atoms with Gasteiger partial charge in [-0.15, -0.1) is 0 Å². The van der Waals surface area contributed by atoms with Crippen molar-refractivity contribution >= 4 is 5.78 Å². The van der Waals surface area contributed by atoms with Crippen molar-refractivity contribution in [3.05, 3.63) is 59.2 Å². The van der Waals surface area contributed by atoms with Crippen LogP contribution in [-0.2, 0) is 6.54 Å². The van der Waals surface area contributed by atoms with Gasteiger partial charge in [-0.2, -0.15) is 5.10 Å². The van der Waals surface area contributed by atoms with Crippen LogP contribution in [0.3, 0.4) is 0 Å². The van der Waals surface area contributed by atoms with E-state index in [1.165, 1.54) is 24.3 Å². The third-order valence-corrected chi connectivity index (χ3v) is 2.91. The number of nitrogens with zero attached hydrogens (tertiary/aromatic N) is 2. The molecule has 5 heteroatoms. The predicted molar refractivity (Wildman–Crippen MR) is 73.3 cm³/mol. The fourth-order valence-corrected chi connectivity index (χ4v) is 1.87. The quantitative estimate of drug-likeness (QED) is 0.689. The molecule has 1 heterocycles. The molecule has 0 aliphatic carbocycles. The van der Waals surface area contributed by atoms with Crippen molar-refractivity contribution in [2.45, 2.75) is 20.4 Å². The Morgan fingerprint density at radius 2 is 2.20 bits per heavy atom. The number of rotatable bonds is 4. The van der Waals surface area contributed by atoms with Crippen LogP contribution >= 0.6 is 0 Å². The van der Waals surface area contributed by atoms with E-state index in [-0.39, 0.29) is 18.1 Å². The highest BCUT2D eigenvalue weighted by Crippen LogP contribution is 2.19. The Hall–Kier alpha value is -2.43. The average molecular weight is 274 g/mol. The second-order valence-electron chi connectivity index (χ2n) is 4.47. The van der Waals surface area contributed by atoms with Crippen LogP contribution in [0.1, 0.15) is 28.7 Å². The van der Waals surface area contributed by atoms with Crippen LogP contribution in [0.25, 0.3) is 0 Å². The number of benzene rings is 1. The Labute approximate surface area is 116 Å². The van der Waals surface area contributed by atoms with E-state index < -0.39 is 5.82 Å². The number of aromatic nitrogens is 2. The zero-order valence-corrected chi connectivity index (χ0v) is 11.3. The summed E-state index contributed by atoms with van der Waals surface area (Å²) in [5.41, 5.74) is 1.51. The first-order valence-corrected chi connectivity index (χ1v) is 6.20. The van der Waals surface area contributed by atoms with E-state index in [1.807, 2.05) is 0 Å². The monoisotopic (exact) mass is 274 g/mol. The van der Waals surface area contributed by atoms with Gasteiger partial charge in [-0.25, -0.2) is 4.39 Å². The molecular formula is C15H15FN2O2. The van der Waals surface area contributed by atoms with Crippen molar-refractivity contribution in [3.63, 3.8) is 0 Å². The smallest absolute Gasteiger partial charge is 0.205 e. The molecular weight excluding hydrogens is 259 g/mol. The topological polar surface area (TPSA) is 55.1 Å². The number of hydrogen-bond acceptors (Lipinski definition) is 3. The molecule has 1 N–H and O–H groups in total. The van der Waals surface area contributed by atoms with E-state index in [0.29, 0.717) is 11.3 Å². The number of carbonyl (C=O) groups is 1. The zero-order valence-electron chi connectivity index (χ0n) is 11.3. The Morgan fingerprint density at radius 1 is 1.45 bits per heavy atom. The van der Waals surface area contributed by atoms with Crippen LogP contribution in [0.5, 0.6) is 5.75 Å². The molecule has 0 unspecified atom stereocenters. The minimum atomic E-state index is -0.423. The predicted octanol–water partition coefficient (Wildman–Crippen LogP) is 2.84. The van der Waals surface area contributed by atoms with Crippen molar-refractivity contribution in [1.29, 1.82) is 0 Å². The number of carbonyl (C=O) groups excluding carboxylic acids is 1. The fraction of sp³-hybridized carbons (Fsp3) is 0.200. The lowest BCUT2D eigenvalue weighted by Crippen LogP contribution is -2.06. The summed E-state index contributed by atoms with van der Waals surface area (Å²) in [6.07, 6.45) is 3.08. The summed E-state index contributed by atoms with van der Waals surface area (Å²) in [4.78, 5) is 11.7. The van der Waals surface area contributed by atoms with Crippen molar-refractivity contribution in [2.24, 2.45) is 0 Å². The second-order valence-corrected chi connectivity index (χ2v) is 4.47. The first-order chi connectivity index (χ1) is 9.51. The van der Waals surface area contributed by atoms with Crippen LogP contribution < -0.4 is 0 Å². The van der Waals surface area contributed by atoms with E-state index in [4.69, 9.17) is 0 Å². The normalized spacial score (nSPS) is 11.2. The molecule has 0 aliphatic rings. The zero-order chi connectivity index (χ0) is 14.7. The van der Waals surface area contributed by atoms with Gasteiger partial charge in [0.15, 0.2) is 0 Å². The number of aromatic hydroxyl groups is 1. The van der Waals surface area contributed by atoms with Gasteiger partial charge in [-0.1, -0.05) is 6.08 Å². The van der Waals surface area contributed by atoms with E-state index in [0.717, 1.165) is 5.69 Å².